The standard InChI is InChI=1S/C21H28N2O5S/c24-21(13-17-12-15-1-2-16(17)11-15)22-5-7-23(8-6-22)29(25,26)18-3-4-19-20(14-18)28-10-9-27-19/h3-4,14-17H,1-2,5-13H2/t15-,16+,17-/m0/s1. The van der Waals surface area contributed by atoms with Crippen LogP contribution in [0.1, 0.15) is 32.1 Å². The van der Waals surface area contributed by atoms with E-state index in [0.29, 0.717) is 63.2 Å². The molecule has 0 unspecified atom stereocenters. The van der Waals surface area contributed by atoms with Crippen LogP contribution in [0.2, 0.25) is 0 Å². The van der Waals surface area contributed by atoms with Gasteiger partial charge in [-0.3, -0.25) is 4.79 Å². The molecule has 29 heavy (non-hydrogen) atoms. The third-order valence-corrected chi connectivity index (χ3v) is 8.96. The highest BCUT2D eigenvalue weighted by Gasteiger charge is 2.41. The van der Waals surface area contributed by atoms with E-state index in [1.807, 2.05) is 4.90 Å². The SMILES string of the molecule is O=C(C[C@@H]1C[C@H]2CC[C@@H]1C2)N1CCN(S(=O)(=O)c2ccc3c(c2)OCCO3)CC1. The second kappa shape index (κ2) is 7.47. The summed E-state index contributed by atoms with van der Waals surface area (Å²) in [5.74, 6) is 3.36. The summed E-state index contributed by atoms with van der Waals surface area (Å²) in [6.45, 7) is 2.47. The van der Waals surface area contributed by atoms with Gasteiger partial charge in [-0.1, -0.05) is 6.42 Å². The second-order valence-corrected chi connectivity index (χ2v) is 10.7. The van der Waals surface area contributed by atoms with Crippen LogP contribution in [0.3, 0.4) is 0 Å². The molecular formula is C21H28N2O5S. The minimum atomic E-state index is -3.61. The van der Waals surface area contributed by atoms with Crippen LogP contribution in [0.15, 0.2) is 23.1 Å². The van der Waals surface area contributed by atoms with Crippen molar-refractivity contribution in [2.75, 3.05) is 39.4 Å². The second-order valence-electron chi connectivity index (χ2n) is 8.73. The molecule has 2 bridgehead atoms. The van der Waals surface area contributed by atoms with Crippen LogP contribution in [0, 0.1) is 17.8 Å². The first-order valence-corrected chi connectivity index (χ1v) is 12.1. The normalized spacial score (nSPS) is 29.2. The average Bonchev–Trinajstić information content (AvgIpc) is 3.36. The van der Waals surface area contributed by atoms with Crippen LogP contribution in [0.4, 0.5) is 0 Å². The van der Waals surface area contributed by atoms with E-state index in [1.54, 1.807) is 12.1 Å². The first-order valence-electron chi connectivity index (χ1n) is 10.7. The van der Waals surface area contributed by atoms with Crippen molar-refractivity contribution < 1.29 is 22.7 Å². The zero-order valence-electron chi connectivity index (χ0n) is 16.6. The summed E-state index contributed by atoms with van der Waals surface area (Å²) < 4.78 is 38.5. The number of hydrogen-bond acceptors (Lipinski definition) is 5. The smallest absolute Gasteiger partial charge is 0.243 e. The van der Waals surface area contributed by atoms with Crippen LogP contribution < -0.4 is 9.47 Å². The number of rotatable bonds is 4. The molecule has 1 amide bonds. The van der Waals surface area contributed by atoms with Crippen LogP contribution in [0.25, 0.3) is 0 Å². The Balaban J connectivity index is 1.20. The molecule has 3 atom stereocenters. The molecule has 0 spiro atoms. The van der Waals surface area contributed by atoms with Crippen molar-refractivity contribution in [1.29, 1.82) is 0 Å². The van der Waals surface area contributed by atoms with E-state index in [1.165, 1.54) is 36.1 Å². The Morgan fingerprint density at radius 3 is 2.45 bits per heavy atom. The maximum atomic E-state index is 13.0. The molecule has 1 saturated heterocycles. The molecule has 2 heterocycles. The number of nitrogens with zero attached hydrogens (tertiary/aromatic N) is 2. The Morgan fingerprint density at radius 2 is 1.76 bits per heavy atom. The van der Waals surface area contributed by atoms with Crippen molar-refractivity contribution in [1.82, 2.24) is 9.21 Å². The summed E-state index contributed by atoms with van der Waals surface area (Å²) in [5.41, 5.74) is 0. The Labute approximate surface area is 172 Å². The lowest BCUT2D eigenvalue weighted by atomic mass is 9.86. The van der Waals surface area contributed by atoms with Crippen molar-refractivity contribution in [3.63, 3.8) is 0 Å². The van der Waals surface area contributed by atoms with Gasteiger partial charge in [0.1, 0.15) is 13.2 Å². The lowest BCUT2D eigenvalue weighted by molar-refractivity contribution is -0.133. The number of carbonyl (C=O) groups is 1. The van der Waals surface area contributed by atoms with Crippen molar-refractivity contribution in [2.24, 2.45) is 17.8 Å². The van der Waals surface area contributed by atoms with E-state index in [-0.39, 0.29) is 10.8 Å². The third-order valence-electron chi connectivity index (χ3n) is 7.06. The summed E-state index contributed by atoms with van der Waals surface area (Å²) >= 11 is 0. The van der Waals surface area contributed by atoms with Gasteiger partial charge in [0.15, 0.2) is 11.5 Å². The highest BCUT2D eigenvalue weighted by atomic mass is 32.2. The average molecular weight is 421 g/mol. The van der Waals surface area contributed by atoms with Gasteiger partial charge in [0.05, 0.1) is 4.90 Å². The number of amides is 1. The van der Waals surface area contributed by atoms with Crippen LogP contribution in [-0.4, -0.2) is 62.9 Å². The Bertz CT molecular complexity index is 894. The molecule has 0 aromatic heterocycles. The molecule has 0 radical (unpaired) electrons. The fourth-order valence-corrected chi connectivity index (χ4v) is 6.93. The van der Waals surface area contributed by atoms with Gasteiger partial charge in [-0.05, 0) is 49.1 Å². The highest BCUT2D eigenvalue weighted by Crippen LogP contribution is 2.49. The Morgan fingerprint density at radius 1 is 1.00 bits per heavy atom. The van der Waals surface area contributed by atoms with Gasteiger partial charge in [-0.25, -0.2) is 8.42 Å². The number of ether oxygens (including phenoxy) is 2. The Hall–Kier alpha value is -1.80. The van der Waals surface area contributed by atoms with Crippen LogP contribution in [0.5, 0.6) is 11.5 Å². The minimum absolute atomic E-state index is 0.193. The third kappa shape index (κ3) is 3.61. The summed E-state index contributed by atoms with van der Waals surface area (Å²) in [7, 11) is -3.61. The molecule has 5 rings (SSSR count). The van der Waals surface area contributed by atoms with E-state index in [2.05, 4.69) is 0 Å². The van der Waals surface area contributed by atoms with Crippen molar-refractivity contribution in [3.8, 4) is 11.5 Å². The molecule has 8 heteroatoms. The lowest BCUT2D eigenvalue weighted by Gasteiger charge is -2.35. The summed E-state index contributed by atoms with van der Waals surface area (Å²) in [6.07, 6.45) is 5.76. The largest absolute Gasteiger partial charge is 0.486 e. The molecule has 4 aliphatic rings. The molecule has 1 aromatic rings. The fourth-order valence-electron chi connectivity index (χ4n) is 5.49. The van der Waals surface area contributed by atoms with Crippen molar-refractivity contribution in [3.05, 3.63) is 18.2 Å². The molecule has 3 fully saturated rings. The molecule has 2 saturated carbocycles. The van der Waals surface area contributed by atoms with Gasteiger partial charge >= 0.3 is 0 Å². The first-order chi connectivity index (χ1) is 14.0. The van der Waals surface area contributed by atoms with Gasteiger partial charge in [0, 0.05) is 38.7 Å². The topological polar surface area (TPSA) is 76.2 Å². The molecular weight excluding hydrogens is 392 g/mol. The minimum Gasteiger partial charge on any atom is -0.486 e. The van der Waals surface area contributed by atoms with E-state index in [0.717, 1.165) is 11.8 Å². The highest BCUT2D eigenvalue weighted by molar-refractivity contribution is 7.89. The number of hydrogen-bond donors (Lipinski definition) is 0. The summed E-state index contributed by atoms with van der Waals surface area (Å²) in [4.78, 5) is 14.8. The predicted octanol–water partition coefficient (Wildman–Crippen LogP) is 2.12. The molecule has 2 aliphatic heterocycles. The van der Waals surface area contributed by atoms with Gasteiger partial charge in [-0.15, -0.1) is 0 Å². The molecule has 1 aromatic carbocycles. The number of piperazine rings is 1. The van der Waals surface area contributed by atoms with Gasteiger partial charge in [0.2, 0.25) is 15.9 Å². The van der Waals surface area contributed by atoms with E-state index in [9.17, 15) is 13.2 Å². The predicted molar refractivity (Wildman–Crippen MR) is 106 cm³/mol. The van der Waals surface area contributed by atoms with E-state index in [4.69, 9.17) is 9.47 Å². The van der Waals surface area contributed by atoms with E-state index >= 15 is 0 Å². The molecule has 158 valence electrons. The number of carbonyl (C=O) groups excluding carboxylic acids is 1. The summed E-state index contributed by atoms with van der Waals surface area (Å²) in [6, 6.07) is 4.75. The maximum absolute atomic E-state index is 13.0. The number of sulfonamides is 1. The molecule has 2 aliphatic carbocycles. The number of benzene rings is 1. The zero-order chi connectivity index (χ0) is 20.0. The van der Waals surface area contributed by atoms with E-state index < -0.39 is 10.0 Å². The molecule has 7 nitrogen and oxygen atoms in total. The molecule has 0 N–H and O–H groups in total. The van der Waals surface area contributed by atoms with Crippen molar-refractivity contribution in [2.45, 2.75) is 37.0 Å². The van der Waals surface area contributed by atoms with Crippen LogP contribution in [-0.2, 0) is 14.8 Å². The zero-order valence-corrected chi connectivity index (χ0v) is 17.4. The quantitative estimate of drug-likeness (QED) is 0.746. The van der Waals surface area contributed by atoms with Gasteiger partial charge < -0.3 is 14.4 Å². The lowest BCUT2D eigenvalue weighted by Crippen LogP contribution is -2.50. The first kappa shape index (κ1) is 19.2. The van der Waals surface area contributed by atoms with Crippen LogP contribution >= 0.6 is 0 Å². The maximum Gasteiger partial charge on any atom is 0.243 e. The van der Waals surface area contributed by atoms with Gasteiger partial charge in [0.25, 0.3) is 0 Å². The Kier molecular flexibility index (Phi) is 4.94. The van der Waals surface area contributed by atoms with Gasteiger partial charge in [-0.2, -0.15) is 4.31 Å². The fraction of sp³-hybridized carbons (Fsp3) is 0.667. The summed E-state index contributed by atoms with van der Waals surface area (Å²) in [5, 5.41) is 0. The van der Waals surface area contributed by atoms with Crippen molar-refractivity contribution >= 4 is 15.9 Å². The monoisotopic (exact) mass is 420 g/mol. The number of fused-ring (bicyclic) bond motifs is 3.